The molecule has 0 spiro atoms. The smallest absolute Gasteiger partial charge is 0.250 e. The third-order valence-corrected chi connectivity index (χ3v) is 5.67. The summed E-state index contributed by atoms with van der Waals surface area (Å²) >= 11 is 1.28. The van der Waals surface area contributed by atoms with Crippen molar-refractivity contribution in [1.29, 1.82) is 0 Å². The third-order valence-electron chi connectivity index (χ3n) is 2.69. The summed E-state index contributed by atoms with van der Waals surface area (Å²) in [6.07, 6.45) is 0. The van der Waals surface area contributed by atoms with Gasteiger partial charge in [0, 0.05) is 25.1 Å². The van der Waals surface area contributed by atoms with E-state index in [0.29, 0.717) is 10.8 Å². The maximum absolute atomic E-state index is 12.1. The van der Waals surface area contributed by atoms with Gasteiger partial charge in [0.05, 0.1) is 5.60 Å². The molecule has 1 aromatic heterocycles. The second-order valence-electron chi connectivity index (χ2n) is 4.79. The zero-order chi connectivity index (χ0) is 14.5. The molecule has 0 aliphatic carbocycles. The first-order valence-electron chi connectivity index (χ1n) is 6.15. The summed E-state index contributed by atoms with van der Waals surface area (Å²) in [5.74, 6) is 0. The number of hydrogen-bond donors (Lipinski definition) is 2. The SMILES string of the molecule is CCNCc1ccc(S(=O)(=O)NCC(C)(C)OC)s1. The topological polar surface area (TPSA) is 67.4 Å². The number of nitrogens with one attached hydrogen (secondary N) is 2. The second kappa shape index (κ2) is 6.81. The Hall–Kier alpha value is -0.470. The van der Waals surface area contributed by atoms with Gasteiger partial charge in [-0.05, 0) is 32.5 Å². The first-order chi connectivity index (χ1) is 8.80. The van der Waals surface area contributed by atoms with Gasteiger partial charge in [-0.1, -0.05) is 6.92 Å². The molecule has 0 radical (unpaired) electrons. The summed E-state index contributed by atoms with van der Waals surface area (Å²) in [6.45, 7) is 7.48. The largest absolute Gasteiger partial charge is 0.377 e. The van der Waals surface area contributed by atoms with Crippen LogP contribution in [0.1, 0.15) is 25.6 Å². The van der Waals surface area contributed by atoms with Gasteiger partial charge in [-0.3, -0.25) is 0 Å². The molecule has 0 aromatic carbocycles. The molecule has 0 amide bonds. The van der Waals surface area contributed by atoms with E-state index >= 15 is 0 Å². The van der Waals surface area contributed by atoms with Crippen LogP contribution in [0.2, 0.25) is 0 Å². The monoisotopic (exact) mass is 306 g/mol. The van der Waals surface area contributed by atoms with Crippen molar-refractivity contribution in [1.82, 2.24) is 10.0 Å². The van der Waals surface area contributed by atoms with Gasteiger partial charge in [0.15, 0.2) is 0 Å². The quantitative estimate of drug-likeness (QED) is 0.765. The average Bonchev–Trinajstić information content (AvgIpc) is 2.84. The van der Waals surface area contributed by atoms with Crippen molar-refractivity contribution in [2.75, 3.05) is 20.2 Å². The molecule has 1 aromatic rings. The molecule has 0 aliphatic heterocycles. The molecular weight excluding hydrogens is 284 g/mol. The summed E-state index contributed by atoms with van der Waals surface area (Å²) < 4.78 is 32.3. The van der Waals surface area contributed by atoms with Crippen LogP contribution < -0.4 is 10.0 Å². The summed E-state index contributed by atoms with van der Waals surface area (Å²) in [4.78, 5) is 1.01. The molecule has 7 heteroatoms. The Labute approximate surface area is 119 Å². The number of hydrogen-bond acceptors (Lipinski definition) is 5. The Morgan fingerprint density at radius 3 is 2.63 bits per heavy atom. The maximum atomic E-state index is 12.1. The van der Waals surface area contributed by atoms with Crippen molar-refractivity contribution in [2.45, 2.75) is 37.1 Å². The van der Waals surface area contributed by atoms with Gasteiger partial charge in [0.1, 0.15) is 4.21 Å². The molecular formula is C12H22N2O3S2. The highest BCUT2D eigenvalue weighted by Gasteiger charge is 2.22. The van der Waals surface area contributed by atoms with E-state index in [-0.39, 0.29) is 6.54 Å². The van der Waals surface area contributed by atoms with E-state index in [0.717, 1.165) is 11.4 Å². The van der Waals surface area contributed by atoms with Crippen molar-refractivity contribution >= 4 is 21.4 Å². The van der Waals surface area contributed by atoms with E-state index in [1.165, 1.54) is 11.3 Å². The lowest BCUT2D eigenvalue weighted by Gasteiger charge is -2.22. The lowest BCUT2D eigenvalue weighted by molar-refractivity contribution is 0.0276. The zero-order valence-electron chi connectivity index (χ0n) is 11.8. The van der Waals surface area contributed by atoms with Crippen molar-refractivity contribution in [2.24, 2.45) is 0 Å². The molecule has 0 atom stereocenters. The molecule has 1 heterocycles. The molecule has 1 rings (SSSR count). The van der Waals surface area contributed by atoms with Gasteiger partial charge in [-0.2, -0.15) is 0 Å². The minimum atomic E-state index is -3.45. The van der Waals surface area contributed by atoms with Gasteiger partial charge in [-0.25, -0.2) is 13.1 Å². The Balaban J connectivity index is 2.69. The van der Waals surface area contributed by atoms with Crippen LogP contribution in [0.5, 0.6) is 0 Å². The summed E-state index contributed by atoms with van der Waals surface area (Å²) in [5.41, 5.74) is -0.517. The number of methoxy groups -OCH3 is 1. The molecule has 0 bridgehead atoms. The van der Waals surface area contributed by atoms with Crippen LogP contribution in [0, 0.1) is 0 Å². The van der Waals surface area contributed by atoms with Gasteiger partial charge in [-0.15, -0.1) is 11.3 Å². The molecule has 0 aliphatic rings. The summed E-state index contributed by atoms with van der Waals surface area (Å²) in [6, 6.07) is 3.48. The third kappa shape index (κ3) is 5.19. The predicted molar refractivity (Wildman–Crippen MR) is 78.0 cm³/mol. The van der Waals surface area contributed by atoms with E-state index in [2.05, 4.69) is 10.0 Å². The summed E-state index contributed by atoms with van der Waals surface area (Å²) in [5, 5.41) is 3.17. The van der Waals surface area contributed by atoms with Crippen LogP contribution in [0.3, 0.4) is 0 Å². The van der Waals surface area contributed by atoms with Gasteiger partial charge < -0.3 is 10.1 Å². The predicted octanol–water partition coefficient (Wildman–Crippen LogP) is 1.56. The van der Waals surface area contributed by atoms with E-state index in [1.54, 1.807) is 13.2 Å². The van der Waals surface area contributed by atoms with Crippen LogP contribution in [0.15, 0.2) is 16.3 Å². The van der Waals surface area contributed by atoms with E-state index in [4.69, 9.17) is 4.74 Å². The number of sulfonamides is 1. The first kappa shape index (κ1) is 16.6. The van der Waals surface area contributed by atoms with Crippen LogP contribution in [-0.2, 0) is 21.3 Å². The number of ether oxygens (including phenoxy) is 1. The van der Waals surface area contributed by atoms with Crippen LogP contribution in [0.4, 0.5) is 0 Å². The average molecular weight is 306 g/mol. The molecule has 0 saturated heterocycles. The lowest BCUT2D eigenvalue weighted by Crippen LogP contribution is -2.39. The van der Waals surface area contributed by atoms with Crippen LogP contribution >= 0.6 is 11.3 Å². The standard InChI is InChI=1S/C12H22N2O3S2/c1-5-13-8-10-6-7-11(18-10)19(15,16)14-9-12(2,3)17-4/h6-7,13-14H,5,8-9H2,1-4H3. The van der Waals surface area contributed by atoms with Crippen molar-refractivity contribution in [3.63, 3.8) is 0 Å². The molecule has 5 nitrogen and oxygen atoms in total. The van der Waals surface area contributed by atoms with Gasteiger partial charge >= 0.3 is 0 Å². The zero-order valence-corrected chi connectivity index (χ0v) is 13.5. The van der Waals surface area contributed by atoms with Crippen molar-refractivity contribution in [3.05, 3.63) is 17.0 Å². The Morgan fingerprint density at radius 2 is 2.05 bits per heavy atom. The Kier molecular flexibility index (Phi) is 5.94. The normalized spacial score (nSPS) is 12.8. The van der Waals surface area contributed by atoms with E-state index in [9.17, 15) is 8.42 Å². The van der Waals surface area contributed by atoms with Crippen LogP contribution in [0.25, 0.3) is 0 Å². The van der Waals surface area contributed by atoms with Crippen molar-refractivity contribution < 1.29 is 13.2 Å². The fraction of sp³-hybridized carbons (Fsp3) is 0.667. The van der Waals surface area contributed by atoms with Crippen LogP contribution in [-0.4, -0.2) is 34.2 Å². The molecule has 110 valence electrons. The number of thiophene rings is 1. The highest BCUT2D eigenvalue weighted by atomic mass is 32.2. The van der Waals surface area contributed by atoms with Gasteiger partial charge in [0.2, 0.25) is 10.0 Å². The maximum Gasteiger partial charge on any atom is 0.250 e. The second-order valence-corrected chi connectivity index (χ2v) is 7.95. The van der Waals surface area contributed by atoms with Crippen molar-refractivity contribution in [3.8, 4) is 0 Å². The van der Waals surface area contributed by atoms with E-state index < -0.39 is 15.6 Å². The minimum absolute atomic E-state index is 0.242. The molecule has 0 saturated carbocycles. The molecule has 0 fully saturated rings. The number of rotatable bonds is 8. The fourth-order valence-electron chi connectivity index (χ4n) is 1.26. The highest BCUT2D eigenvalue weighted by Crippen LogP contribution is 2.21. The molecule has 0 unspecified atom stereocenters. The first-order valence-corrected chi connectivity index (χ1v) is 8.45. The fourth-order valence-corrected chi connectivity index (χ4v) is 3.83. The highest BCUT2D eigenvalue weighted by molar-refractivity contribution is 7.91. The summed E-state index contributed by atoms with van der Waals surface area (Å²) in [7, 11) is -1.88. The minimum Gasteiger partial charge on any atom is -0.377 e. The molecule has 19 heavy (non-hydrogen) atoms. The van der Waals surface area contributed by atoms with E-state index in [1.807, 2.05) is 26.8 Å². The van der Waals surface area contributed by atoms with Gasteiger partial charge in [0.25, 0.3) is 0 Å². The lowest BCUT2D eigenvalue weighted by atomic mass is 10.1. The molecule has 2 N–H and O–H groups in total. The Morgan fingerprint density at radius 1 is 1.37 bits per heavy atom. The Bertz CT molecular complexity index is 495.